The molecule has 0 aliphatic rings. The lowest BCUT2D eigenvalue weighted by atomic mass is 10.1. The maximum absolute atomic E-state index is 12.8. The van der Waals surface area contributed by atoms with E-state index < -0.39 is 5.97 Å². The van der Waals surface area contributed by atoms with Crippen molar-refractivity contribution in [1.29, 1.82) is 0 Å². The Kier molecular flexibility index (Phi) is 4.19. The second-order valence-electron chi connectivity index (χ2n) is 5.82. The molecule has 5 heteroatoms. The lowest BCUT2D eigenvalue weighted by Crippen LogP contribution is -2.10. The van der Waals surface area contributed by atoms with Gasteiger partial charge in [0.1, 0.15) is 5.75 Å². The Hall–Kier alpha value is -3.47. The molecular weight excluding hydrogens is 326 g/mol. The second-order valence-corrected chi connectivity index (χ2v) is 5.82. The quantitative estimate of drug-likeness (QED) is 0.409. The molecule has 128 valence electrons. The highest BCUT2D eigenvalue weighted by molar-refractivity contribution is 6.04. The number of aromatic nitrogens is 3. The summed E-state index contributed by atoms with van der Waals surface area (Å²) < 4.78 is 7.32. The highest BCUT2D eigenvalue weighted by Crippen LogP contribution is 2.26. The molecule has 4 rings (SSSR count). The number of para-hydroxylation sites is 1. The number of hydrogen-bond acceptors (Lipinski definition) is 4. The van der Waals surface area contributed by atoms with Gasteiger partial charge in [-0.1, -0.05) is 48.5 Å². The van der Waals surface area contributed by atoms with E-state index >= 15 is 0 Å². The zero-order valence-corrected chi connectivity index (χ0v) is 14.3. The number of carbonyl (C=O) groups is 1. The van der Waals surface area contributed by atoms with Gasteiger partial charge in [-0.2, -0.15) is 5.10 Å². The Morgan fingerprint density at radius 1 is 1.04 bits per heavy atom. The van der Waals surface area contributed by atoms with Gasteiger partial charge in [0.15, 0.2) is 5.65 Å². The van der Waals surface area contributed by atoms with Gasteiger partial charge in [0, 0.05) is 12.1 Å². The van der Waals surface area contributed by atoms with Gasteiger partial charge in [-0.15, -0.1) is 0 Å². The standard InChI is InChI=1S/C21H17N3O2/c1-2-24-20-18(14-22-24)17(21(25)26-16-11-7-4-8-12-16)13-19(23-20)15-9-5-3-6-10-15/h3-14H,2H2,1H3. The van der Waals surface area contributed by atoms with Crippen LogP contribution in [0.2, 0.25) is 0 Å². The molecule has 26 heavy (non-hydrogen) atoms. The topological polar surface area (TPSA) is 57.0 Å². The first-order valence-corrected chi connectivity index (χ1v) is 8.45. The van der Waals surface area contributed by atoms with E-state index in [2.05, 4.69) is 5.10 Å². The van der Waals surface area contributed by atoms with E-state index in [0.29, 0.717) is 34.6 Å². The summed E-state index contributed by atoms with van der Waals surface area (Å²) in [6.45, 7) is 2.66. The van der Waals surface area contributed by atoms with Crippen LogP contribution in [0.3, 0.4) is 0 Å². The van der Waals surface area contributed by atoms with Crippen LogP contribution in [0.4, 0.5) is 0 Å². The molecule has 0 spiro atoms. The summed E-state index contributed by atoms with van der Waals surface area (Å²) in [5, 5.41) is 5.03. The summed E-state index contributed by atoms with van der Waals surface area (Å²) in [6.07, 6.45) is 1.67. The van der Waals surface area contributed by atoms with Crippen LogP contribution in [-0.2, 0) is 6.54 Å². The van der Waals surface area contributed by atoms with Crippen LogP contribution in [-0.4, -0.2) is 20.7 Å². The molecule has 0 bridgehead atoms. The lowest BCUT2D eigenvalue weighted by Gasteiger charge is -2.08. The molecule has 0 unspecified atom stereocenters. The maximum atomic E-state index is 12.8. The summed E-state index contributed by atoms with van der Waals surface area (Å²) in [5.74, 6) is 0.0861. The number of nitrogens with zero attached hydrogens (tertiary/aromatic N) is 3. The zero-order chi connectivity index (χ0) is 17.9. The smallest absolute Gasteiger partial charge is 0.344 e. The van der Waals surface area contributed by atoms with Gasteiger partial charge in [0.25, 0.3) is 0 Å². The highest BCUT2D eigenvalue weighted by atomic mass is 16.5. The molecule has 0 N–H and O–H groups in total. The van der Waals surface area contributed by atoms with Crippen molar-refractivity contribution in [3.05, 3.63) is 78.5 Å². The largest absolute Gasteiger partial charge is 0.423 e. The molecule has 0 radical (unpaired) electrons. The van der Waals surface area contributed by atoms with E-state index in [1.807, 2.05) is 55.5 Å². The van der Waals surface area contributed by atoms with Gasteiger partial charge in [-0.05, 0) is 25.1 Å². The Labute approximate surface area is 150 Å². The van der Waals surface area contributed by atoms with Crippen molar-refractivity contribution in [3.8, 4) is 17.0 Å². The molecule has 4 aromatic rings. The number of hydrogen-bond donors (Lipinski definition) is 0. The molecule has 0 fully saturated rings. The van der Waals surface area contributed by atoms with Crippen LogP contribution in [0.25, 0.3) is 22.3 Å². The van der Waals surface area contributed by atoms with E-state index in [0.717, 1.165) is 5.56 Å². The minimum atomic E-state index is -0.420. The summed E-state index contributed by atoms with van der Waals surface area (Å²) in [5.41, 5.74) is 2.78. The second kappa shape index (κ2) is 6.80. The third-order valence-electron chi connectivity index (χ3n) is 4.15. The Balaban J connectivity index is 1.84. The average molecular weight is 343 g/mol. The van der Waals surface area contributed by atoms with E-state index in [-0.39, 0.29) is 0 Å². The van der Waals surface area contributed by atoms with Crippen molar-refractivity contribution in [1.82, 2.24) is 14.8 Å². The Morgan fingerprint density at radius 2 is 1.73 bits per heavy atom. The first kappa shape index (κ1) is 16.0. The van der Waals surface area contributed by atoms with Gasteiger partial charge in [0.2, 0.25) is 0 Å². The minimum absolute atomic E-state index is 0.420. The third-order valence-corrected chi connectivity index (χ3v) is 4.15. The van der Waals surface area contributed by atoms with Crippen LogP contribution in [0, 0.1) is 0 Å². The van der Waals surface area contributed by atoms with Crippen LogP contribution < -0.4 is 4.74 Å². The third kappa shape index (κ3) is 2.95. The normalized spacial score (nSPS) is 10.8. The lowest BCUT2D eigenvalue weighted by molar-refractivity contribution is 0.0737. The van der Waals surface area contributed by atoms with Crippen LogP contribution in [0.15, 0.2) is 72.9 Å². The fourth-order valence-corrected chi connectivity index (χ4v) is 2.86. The predicted octanol–water partition coefficient (Wildman–Crippen LogP) is 4.34. The van der Waals surface area contributed by atoms with Gasteiger partial charge >= 0.3 is 5.97 Å². The number of carbonyl (C=O) groups excluding carboxylic acids is 1. The molecular formula is C21H17N3O2. The number of aryl methyl sites for hydroxylation is 1. The fourth-order valence-electron chi connectivity index (χ4n) is 2.86. The number of benzene rings is 2. The summed E-state index contributed by atoms with van der Waals surface area (Å²) >= 11 is 0. The van der Waals surface area contributed by atoms with Gasteiger partial charge in [0.05, 0.1) is 22.8 Å². The number of ether oxygens (including phenoxy) is 1. The number of pyridine rings is 1. The first-order valence-electron chi connectivity index (χ1n) is 8.45. The monoisotopic (exact) mass is 343 g/mol. The summed E-state index contributed by atoms with van der Waals surface area (Å²) in [6, 6.07) is 20.6. The molecule has 0 aliphatic carbocycles. The minimum Gasteiger partial charge on any atom is -0.423 e. The summed E-state index contributed by atoms with van der Waals surface area (Å²) in [4.78, 5) is 17.5. The van der Waals surface area contributed by atoms with E-state index in [1.165, 1.54) is 0 Å². The van der Waals surface area contributed by atoms with Crippen molar-refractivity contribution in [3.63, 3.8) is 0 Å². The summed E-state index contributed by atoms with van der Waals surface area (Å²) in [7, 11) is 0. The maximum Gasteiger partial charge on any atom is 0.344 e. The number of rotatable bonds is 4. The predicted molar refractivity (Wildman–Crippen MR) is 100 cm³/mol. The van der Waals surface area contributed by atoms with Crippen molar-refractivity contribution >= 4 is 17.0 Å². The number of fused-ring (bicyclic) bond motifs is 1. The SMILES string of the molecule is CCn1ncc2c(C(=O)Oc3ccccc3)cc(-c3ccccc3)nc21. The molecule has 0 aliphatic heterocycles. The van der Waals surface area contributed by atoms with Crippen molar-refractivity contribution in [2.45, 2.75) is 13.5 Å². The van der Waals surface area contributed by atoms with E-state index in [4.69, 9.17) is 9.72 Å². The van der Waals surface area contributed by atoms with Crippen molar-refractivity contribution in [2.75, 3.05) is 0 Å². The molecule has 2 aromatic heterocycles. The number of esters is 1. The van der Waals surface area contributed by atoms with Crippen LogP contribution >= 0.6 is 0 Å². The molecule has 2 heterocycles. The molecule has 0 amide bonds. The molecule has 2 aromatic carbocycles. The van der Waals surface area contributed by atoms with Crippen LogP contribution in [0.1, 0.15) is 17.3 Å². The van der Waals surface area contributed by atoms with E-state index in [9.17, 15) is 4.79 Å². The van der Waals surface area contributed by atoms with Crippen LogP contribution in [0.5, 0.6) is 5.75 Å². The molecule has 0 saturated heterocycles. The fraction of sp³-hybridized carbons (Fsp3) is 0.0952. The zero-order valence-electron chi connectivity index (χ0n) is 14.3. The van der Waals surface area contributed by atoms with E-state index in [1.54, 1.807) is 29.1 Å². The van der Waals surface area contributed by atoms with Gasteiger partial charge < -0.3 is 4.74 Å². The Bertz CT molecular complexity index is 1060. The molecule has 5 nitrogen and oxygen atoms in total. The molecule has 0 saturated carbocycles. The first-order chi connectivity index (χ1) is 12.8. The van der Waals surface area contributed by atoms with Crippen molar-refractivity contribution < 1.29 is 9.53 Å². The van der Waals surface area contributed by atoms with Gasteiger partial charge in [-0.25, -0.2) is 14.5 Å². The average Bonchev–Trinajstić information content (AvgIpc) is 3.11. The van der Waals surface area contributed by atoms with Gasteiger partial charge in [-0.3, -0.25) is 0 Å². The molecule has 0 atom stereocenters. The Morgan fingerprint density at radius 3 is 2.42 bits per heavy atom. The van der Waals surface area contributed by atoms with Crippen molar-refractivity contribution in [2.24, 2.45) is 0 Å². The highest BCUT2D eigenvalue weighted by Gasteiger charge is 2.18.